The lowest BCUT2D eigenvalue weighted by molar-refractivity contribution is 0.812. The Kier molecular flexibility index (Phi) is 4.86. The van der Waals surface area contributed by atoms with Crippen LogP contribution < -0.4 is 10.6 Å². The molecular formula is C15H19ClN2S. The molecule has 2 rings (SSSR count). The zero-order valence-electron chi connectivity index (χ0n) is 11.3. The largest absolute Gasteiger partial charge is 0.365 e. The zero-order valence-corrected chi connectivity index (χ0v) is 12.8. The van der Waals surface area contributed by atoms with Crippen molar-refractivity contribution in [1.29, 1.82) is 0 Å². The molecule has 2 aromatic rings. The summed E-state index contributed by atoms with van der Waals surface area (Å²) in [5.74, 6) is 0. The summed E-state index contributed by atoms with van der Waals surface area (Å²) in [6, 6.07) is 10.3. The fraction of sp³-hybridized carbons (Fsp3) is 0.333. The minimum Gasteiger partial charge on any atom is -0.365 e. The second kappa shape index (κ2) is 6.42. The van der Waals surface area contributed by atoms with Gasteiger partial charge in [0.2, 0.25) is 0 Å². The Morgan fingerprint density at radius 1 is 1.37 bits per heavy atom. The van der Waals surface area contributed by atoms with Crippen LogP contribution in [0.2, 0.25) is 5.02 Å². The Labute approximate surface area is 123 Å². The van der Waals surface area contributed by atoms with Gasteiger partial charge in [-0.1, -0.05) is 23.7 Å². The fourth-order valence-corrected chi connectivity index (χ4v) is 3.05. The van der Waals surface area contributed by atoms with Crippen molar-refractivity contribution in [1.82, 2.24) is 0 Å². The third-order valence-corrected chi connectivity index (χ3v) is 4.31. The molecule has 0 spiro atoms. The van der Waals surface area contributed by atoms with Gasteiger partial charge in [-0.25, -0.2) is 0 Å². The van der Waals surface area contributed by atoms with E-state index in [-0.39, 0.29) is 6.04 Å². The molecule has 0 aliphatic rings. The molecule has 0 aliphatic carbocycles. The van der Waals surface area contributed by atoms with Crippen LogP contribution in [0.4, 0.5) is 5.69 Å². The second-order valence-electron chi connectivity index (χ2n) is 4.59. The number of anilines is 1. The number of hydrogen-bond acceptors (Lipinski definition) is 3. The number of thiophene rings is 1. The number of halogens is 1. The average Bonchev–Trinajstić information content (AvgIpc) is 2.89. The van der Waals surface area contributed by atoms with Crippen molar-refractivity contribution >= 4 is 28.6 Å². The van der Waals surface area contributed by atoms with Gasteiger partial charge in [-0.15, -0.1) is 11.3 Å². The predicted molar refractivity (Wildman–Crippen MR) is 85.1 cm³/mol. The number of nitrogens with two attached hydrogens (primary N) is 1. The average molecular weight is 295 g/mol. The highest BCUT2D eigenvalue weighted by Gasteiger charge is 2.11. The van der Waals surface area contributed by atoms with E-state index in [1.54, 1.807) is 11.3 Å². The maximum Gasteiger partial charge on any atom is 0.0643 e. The third kappa shape index (κ3) is 3.50. The van der Waals surface area contributed by atoms with Crippen LogP contribution in [0, 0.1) is 0 Å². The molecule has 0 unspecified atom stereocenters. The van der Waals surface area contributed by atoms with E-state index in [4.69, 9.17) is 17.3 Å². The normalized spacial score (nSPS) is 12.4. The van der Waals surface area contributed by atoms with E-state index < -0.39 is 0 Å². The van der Waals surface area contributed by atoms with Crippen LogP contribution >= 0.6 is 22.9 Å². The highest BCUT2D eigenvalue weighted by Crippen LogP contribution is 2.30. The Bertz CT molecular complexity index is 523. The topological polar surface area (TPSA) is 29.3 Å². The molecule has 0 fully saturated rings. The zero-order chi connectivity index (χ0) is 13.8. The summed E-state index contributed by atoms with van der Waals surface area (Å²) in [5, 5.41) is 2.87. The van der Waals surface area contributed by atoms with E-state index in [0.717, 1.165) is 29.4 Å². The van der Waals surface area contributed by atoms with Crippen molar-refractivity contribution in [3.8, 4) is 0 Å². The van der Waals surface area contributed by atoms with Crippen molar-refractivity contribution in [2.75, 3.05) is 11.4 Å². The Hall–Kier alpha value is -1.03. The Balaban J connectivity index is 2.23. The summed E-state index contributed by atoms with van der Waals surface area (Å²) in [4.78, 5) is 3.62. The van der Waals surface area contributed by atoms with E-state index in [2.05, 4.69) is 41.5 Å². The number of hydrogen-bond donors (Lipinski definition) is 1. The van der Waals surface area contributed by atoms with Crippen LogP contribution in [-0.2, 0) is 6.54 Å². The van der Waals surface area contributed by atoms with Gasteiger partial charge in [-0.2, -0.15) is 0 Å². The van der Waals surface area contributed by atoms with E-state index in [0.29, 0.717) is 0 Å². The first-order valence-corrected chi connectivity index (χ1v) is 7.70. The van der Waals surface area contributed by atoms with Crippen molar-refractivity contribution in [2.24, 2.45) is 5.73 Å². The van der Waals surface area contributed by atoms with Gasteiger partial charge in [0.05, 0.1) is 17.3 Å². The van der Waals surface area contributed by atoms with Crippen molar-refractivity contribution in [2.45, 2.75) is 26.4 Å². The van der Waals surface area contributed by atoms with E-state index in [1.165, 1.54) is 4.88 Å². The minimum atomic E-state index is 0.0129. The SMILES string of the molecule is CCN(Cc1cccs1)c1ccc([C@@H](C)N)cc1Cl. The van der Waals surface area contributed by atoms with Crippen LogP contribution in [0.3, 0.4) is 0 Å². The fourth-order valence-electron chi connectivity index (χ4n) is 2.02. The number of rotatable bonds is 5. The standard InChI is InChI=1S/C15H19ClN2S/c1-3-18(10-13-5-4-8-19-13)15-7-6-12(11(2)17)9-14(15)16/h4-9,11H,3,10,17H2,1-2H3/t11-/m1/s1. The summed E-state index contributed by atoms with van der Waals surface area (Å²) >= 11 is 8.16. The van der Waals surface area contributed by atoms with Crippen LogP contribution in [0.1, 0.15) is 30.3 Å². The Morgan fingerprint density at radius 2 is 2.16 bits per heavy atom. The van der Waals surface area contributed by atoms with Gasteiger partial charge >= 0.3 is 0 Å². The lowest BCUT2D eigenvalue weighted by Gasteiger charge is -2.24. The molecule has 0 amide bonds. The maximum absolute atomic E-state index is 6.39. The number of nitrogens with zero attached hydrogens (tertiary/aromatic N) is 1. The summed E-state index contributed by atoms with van der Waals surface area (Å²) in [5.41, 5.74) is 8.02. The van der Waals surface area contributed by atoms with Gasteiger partial charge in [0.25, 0.3) is 0 Å². The predicted octanol–water partition coefficient (Wildman–Crippen LogP) is 4.45. The molecule has 102 valence electrons. The Morgan fingerprint density at radius 3 is 2.68 bits per heavy atom. The molecule has 1 atom stereocenters. The van der Waals surface area contributed by atoms with Crippen molar-refractivity contribution < 1.29 is 0 Å². The molecule has 0 saturated carbocycles. The number of benzene rings is 1. The van der Waals surface area contributed by atoms with E-state index >= 15 is 0 Å². The third-order valence-electron chi connectivity index (χ3n) is 3.15. The van der Waals surface area contributed by atoms with Crippen molar-refractivity contribution in [3.05, 3.63) is 51.2 Å². The molecule has 1 heterocycles. The van der Waals surface area contributed by atoms with Crippen LogP contribution in [-0.4, -0.2) is 6.54 Å². The smallest absolute Gasteiger partial charge is 0.0643 e. The van der Waals surface area contributed by atoms with Crippen LogP contribution in [0.25, 0.3) is 0 Å². The molecule has 19 heavy (non-hydrogen) atoms. The maximum atomic E-state index is 6.39. The summed E-state index contributed by atoms with van der Waals surface area (Å²) in [7, 11) is 0. The van der Waals surface area contributed by atoms with E-state index in [9.17, 15) is 0 Å². The summed E-state index contributed by atoms with van der Waals surface area (Å²) < 4.78 is 0. The van der Waals surface area contributed by atoms with Gasteiger partial charge in [0.15, 0.2) is 0 Å². The highest BCUT2D eigenvalue weighted by molar-refractivity contribution is 7.09. The molecule has 0 radical (unpaired) electrons. The lowest BCUT2D eigenvalue weighted by Crippen LogP contribution is -2.22. The molecule has 0 bridgehead atoms. The van der Waals surface area contributed by atoms with Crippen LogP contribution in [0.5, 0.6) is 0 Å². The molecule has 1 aromatic heterocycles. The van der Waals surface area contributed by atoms with Gasteiger partial charge in [0, 0.05) is 17.5 Å². The quantitative estimate of drug-likeness (QED) is 0.883. The summed E-state index contributed by atoms with van der Waals surface area (Å²) in [6.45, 7) is 5.93. The minimum absolute atomic E-state index is 0.0129. The first-order chi connectivity index (χ1) is 9.11. The van der Waals surface area contributed by atoms with Crippen LogP contribution in [0.15, 0.2) is 35.7 Å². The molecule has 2 N–H and O–H groups in total. The van der Waals surface area contributed by atoms with Gasteiger partial charge < -0.3 is 10.6 Å². The highest BCUT2D eigenvalue weighted by atomic mass is 35.5. The summed E-state index contributed by atoms with van der Waals surface area (Å²) in [6.07, 6.45) is 0. The molecule has 0 saturated heterocycles. The van der Waals surface area contributed by atoms with Gasteiger partial charge in [-0.3, -0.25) is 0 Å². The molecule has 1 aromatic carbocycles. The molecule has 0 aliphatic heterocycles. The lowest BCUT2D eigenvalue weighted by atomic mass is 10.1. The monoisotopic (exact) mass is 294 g/mol. The molecular weight excluding hydrogens is 276 g/mol. The molecule has 4 heteroatoms. The van der Waals surface area contributed by atoms with Gasteiger partial charge in [0.1, 0.15) is 0 Å². The van der Waals surface area contributed by atoms with Crippen molar-refractivity contribution in [3.63, 3.8) is 0 Å². The molecule has 2 nitrogen and oxygen atoms in total. The second-order valence-corrected chi connectivity index (χ2v) is 6.03. The van der Waals surface area contributed by atoms with E-state index in [1.807, 2.05) is 13.0 Å². The first-order valence-electron chi connectivity index (χ1n) is 6.44. The first kappa shape index (κ1) is 14.4. The van der Waals surface area contributed by atoms with Gasteiger partial charge in [-0.05, 0) is 43.0 Å².